The maximum absolute atomic E-state index is 3.63. The molecule has 2 aromatic rings. The summed E-state index contributed by atoms with van der Waals surface area (Å²) in [6, 6.07) is 8.78. The second kappa shape index (κ2) is 4.43. The molecule has 0 bridgehead atoms. The van der Waals surface area contributed by atoms with Gasteiger partial charge in [0.05, 0.1) is 0 Å². The molecule has 0 unspecified atom stereocenters. The summed E-state index contributed by atoms with van der Waals surface area (Å²) in [7, 11) is 0. The zero-order chi connectivity index (χ0) is 12.6. The summed E-state index contributed by atoms with van der Waals surface area (Å²) in [4.78, 5) is 3.27. The van der Waals surface area contributed by atoms with Gasteiger partial charge in [-0.3, -0.25) is 0 Å². The molecule has 1 aromatic heterocycles. The van der Waals surface area contributed by atoms with Crippen LogP contribution in [-0.2, 0) is 6.54 Å². The number of H-pyrrole nitrogens is 1. The topological polar surface area (TPSA) is 27.8 Å². The monoisotopic (exact) mass is 242 g/mol. The largest absolute Gasteiger partial charge is 0.361 e. The summed E-state index contributed by atoms with van der Waals surface area (Å²) in [5.74, 6) is 0.802. The second-order valence-electron chi connectivity index (χ2n) is 6.02. The van der Waals surface area contributed by atoms with Crippen LogP contribution in [0.5, 0.6) is 0 Å². The van der Waals surface area contributed by atoms with E-state index in [0.717, 1.165) is 19.0 Å². The highest BCUT2D eigenvalue weighted by Gasteiger charge is 2.44. The van der Waals surface area contributed by atoms with Crippen molar-refractivity contribution in [3.05, 3.63) is 36.0 Å². The number of hydrogen-bond acceptors (Lipinski definition) is 1. The van der Waals surface area contributed by atoms with Crippen molar-refractivity contribution in [3.63, 3.8) is 0 Å². The molecule has 3 rings (SSSR count). The van der Waals surface area contributed by atoms with Crippen LogP contribution >= 0.6 is 0 Å². The average Bonchev–Trinajstić information content (AvgIpc) is 3.00. The molecule has 0 aliphatic heterocycles. The number of rotatable bonds is 5. The van der Waals surface area contributed by atoms with Gasteiger partial charge in [-0.1, -0.05) is 26.0 Å². The zero-order valence-corrected chi connectivity index (χ0v) is 11.3. The first kappa shape index (κ1) is 11.8. The van der Waals surface area contributed by atoms with Gasteiger partial charge in [-0.15, -0.1) is 0 Å². The molecule has 1 aliphatic carbocycles. The van der Waals surface area contributed by atoms with Crippen molar-refractivity contribution in [3.8, 4) is 0 Å². The molecule has 1 saturated carbocycles. The first-order valence-corrected chi connectivity index (χ1v) is 6.96. The molecule has 2 heteroatoms. The number of nitrogens with one attached hydrogen (secondary N) is 2. The predicted molar refractivity (Wildman–Crippen MR) is 76.5 cm³/mol. The highest BCUT2D eigenvalue weighted by Crippen LogP contribution is 2.51. The first-order chi connectivity index (χ1) is 8.70. The van der Waals surface area contributed by atoms with Crippen LogP contribution in [0.15, 0.2) is 30.5 Å². The van der Waals surface area contributed by atoms with Crippen LogP contribution in [0.3, 0.4) is 0 Å². The smallest absolute Gasteiger partial charge is 0.0457 e. The van der Waals surface area contributed by atoms with Crippen molar-refractivity contribution in [2.75, 3.05) is 6.54 Å². The Kier molecular flexibility index (Phi) is 2.90. The fourth-order valence-corrected chi connectivity index (χ4v) is 2.78. The molecule has 1 heterocycles. The highest BCUT2D eigenvalue weighted by atomic mass is 14.9. The molecule has 1 aromatic carbocycles. The lowest BCUT2D eigenvalue weighted by molar-refractivity contribution is 0.338. The lowest BCUT2D eigenvalue weighted by Crippen LogP contribution is -2.27. The van der Waals surface area contributed by atoms with Gasteiger partial charge in [0.2, 0.25) is 0 Å². The van der Waals surface area contributed by atoms with Gasteiger partial charge in [0, 0.05) is 24.8 Å². The number of aromatic nitrogens is 1. The SMILES string of the molecule is CC(C)C1(CNCc2ccc3cc[nH]c3c2)CC1. The van der Waals surface area contributed by atoms with E-state index in [1.54, 1.807) is 0 Å². The lowest BCUT2D eigenvalue weighted by Gasteiger charge is -2.20. The molecule has 1 fully saturated rings. The molecule has 1 aliphatic rings. The predicted octanol–water partition coefficient (Wildman–Crippen LogP) is 3.69. The van der Waals surface area contributed by atoms with E-state index in [4.69, 9.17) is 0 Å². The number of hydrogen-bond donors (Lipinski definition) is 2. The van der Waals surface area contributed by atoms with E-state index in [2.05, 4.69) is 48.4 Å². The fraction of sp³-hybridized carbons (Fsp3) is 0.500. The number of benzene rings is 1. The van der Waals surface area contributed by atoms with Crippen molar-refractivity contribution in [1.29, 1.82) is 0 Å². The Morgan fingerprint density at radius 1 is 1.28 bits per heavy atom. The summed E-state index contributed by atoms with van der Waals surface area (Å²) >= 11 is 0. The quantitative estimate of drug-likeness (QED) is 0.822. The Morgan fingerprint density at radius 3 is 2.83 bits per heavy atom. The van der Waals surface area contributed by atoms with E-state index in [9.17, 15) is 0 Å². The lowest BCUT2D eigenvalue weighted by atomic mass is 9.92. The van der Waals surface area contributed by atoms with Crippen LogP contribution in [0.25, 0.3) is 10.9 Å². The molecule has 0 atom stereocenters. The van der Waals surface area contributed by atoms with Gasteiger partial charge in [-0.05, 0) is 47.3 Å². The van der Waals surface area contributed by atoms with E-state index in [-0.39, 0.29) is 0 Å². The van der Waals surface area contributed by atoms with Gasteiger partial charge in [-0.25, -0.2) is 0 Å². The van der Waals surface area contributed by atoms with E-state index < -0.39 is 0 Å². The molecule has 96 valence electrons. The fourth-order valence-electron chi connectivity index (χ4n) is 2.78. The summed E-state index contributed by atoms with van der Waals surface area (Å²) in [6.07, 6.45) is 4.79. The average molecular weight is 242 g/mol. The zero-order valence-electron chi connectivity index (χ0n) is 11.3. The van der Waals surface area contributed by atoms with Gasteiger partial charge in [0.15, 0.2) is 0 Å². The maximum Gasteiger partial charge on any atom is 0.0457 e. The third kappa shape index (κ3) is 2.17. The van der Waals surface area contributed by atoms with Gasteiger partial charge < -0.3 is 10.3 Å². The van der Waals surface area contributed by atoms with E-state index in [1.165, 1.54) is 29.3 Å². The molecule has 0 amide bonds. The van der Waals surface area contributed by atoms with Crippen LogP contribution in [0.4, 0.5) is 0 Å². The molecule has 0 spiro atoms. The van der Waals surface area contributed by atoms with E-state index in [1.807, 2.05) is 6.20 Å². The second-order valence-corrected chi connectivity index (χ2v) is 6.02. The summed E-state index contributed by atoms with van der Waals surface area (Å²) in [5, 5.41) is 4.92. The third-order valence-corrected chi connectivity index (χ3v) is 4.54. The summed E-state index contributed by atoms with van der Waals surface area (Å²) in [5.41, 5.74) is 3.19. The summed E-state index contributed by atoms with van der Waals surface area (Å²) in [6.45, 7) is 6.83. The van der Waals surface area contributed by atoms with Crippen LogP contribution < -0.4 is 5.32 Å². The van der Waals surface area contributed by atoms with Crippen molar-refractivity contribution in [2.45, 2.75) is 33.2 Å². The molecular formula is C16H22N2. The number of aromatic amines is 1. The minimum atomic E-state index is 0.594. The Balaban J connectivity index is 1.60. The Morgan fingerprint density at radius 2 is 2.11 bits per heavy atom. The Bertz CT molecular complexity index is 535. The van der Waals surface area contributed by atoms with Crippen LogP contribution in [0.1, 0.15) is 32.3 Å². The van der Waals surface area contributed by atoms with Crippen molar-refractivity contribution >= 4 is 10.9 Å². The van der Waals surface area contributed by atoms with Gasteiger partial charge in [0.1, 0.15) is 0 Å². The van der Waals surface area contributed by atoms with Crippen molar-refractivity contribution in [1.82, 2.24) is 10.3 Å². The standard InChI is InChI=1S/C16H22N2/c1-12(2)16(6-7-16)11-17-10-13-3-4-14-5-8-18-15(14)9-13/h3-5,8-9,12,17-18H,6-7,10-11H2,1-2H3. The van der Waals surface area contributed by atoms with Gasteiger partial charge >= 0.3 is 0 Å². The molecular weight excluding hydrogens is 220 g/mol. The molecule has 18 heavy (non-hydrogen) atoms. The normalized spacial score (nSPS) is 17.5. The van der Waals surface area contributed by atoms with Gasteiger partial charge in [-0.2, -0.15) is 0 Å². The minimum absolute atomic E-state index is 0.594. The van der Waals surface area contributed by atoms with Crippen molar-refractivity contribution in [2.24, 2.45) is 11.3 Å². The first-order valence-electron chi connectivity index (χ1n) is 6.96. The molecule has 2 nitrogen and oxygen atoms in total. The Labute approximate surface area is 109 Å². The molecule has 2 N–H and O–H groups in total. The van der Waals surface area contributed by atoms with E-state index >= 15 is 0 Å². The molecule has 0 radical (unpaired) electrons. The maximum atomic E-state index is 3.63. The summed E-state index contributed by atoms with van der Waals surface area (Å²) < 4.78 is 0. The van der Waals surface area contributed by atoms with Crippen LogP contribution in [0.2, 0.25) is 0 Å². The van der Waals surface area contributed by atoms with Crippen LogP contribution in [0, 0.1) is 11.3 Å². The molecule has 0 saturated heterocycles. The third-order valence-electron chi connectivity index (χ3n) is 4.54. The van der Waals surface area contributed by atoms with E-state index in [0.29, 0.717) is 5.41 Å². The Hall–Kier alpha value is -1.28. The minimum Gasteiger partial charge on any atom is -0.361 e. The van der Waals surface area contributed by atoms with Crippen molar-refractivity contribution < 1.29 is 0 Å². The van der Waals surface area contributed by atoms with Gasteiger partial charge in [0.25, 0.3) is 0 Å². The highest BCUT2D eigenvalue weighted by molar-refractivity contribution is 5.79. The van der Waals surface area contributed by atoms with Crippen LogP contribution in [-0.4, -0.2) is 11.5 Å². The number of fused-ring (bicyclic) bond motifs is 1.